The topological polar surface area (TPSA) is 43.9 Å². The van der Waals surface area contributed by atoms with Crippen molar-refractivity contribution >= 4 is 11.0 Å². The van der Waals surface area contributed by atoms with Gasteiger partial charge < -0.3 is 4.42 Å². The van der Waals surface area contributed by atoms with Crippen LogP contribution in [0.25, 0.3) is 11.0 Å². The van der Waals surface area contributed by atoms with E-state index < -0.39 is 0 Å². The van der Waals surface area contributed by atoms with Gasteiger partial charge in [0, 0.05) is 0 Å². The van der Waals surface area contributed by atoms with E-state index in [2.05, 4.69) is 30.2 Å². The quantitative estimate of drug-likeness (QED) is 0.691. The highest BCUT2D eigenvalue weighted by Crippen LogP contribution is 2.25. The van der Waals surface area contributed by atoms with Crippen molar-refractivity contribution in [2.75, 3.05) is 0 Å². The predicted molar refractivity (Wildman–Crippen MR) is 69.5 cm³/mol. The molecule has 0 aliphatic heterocycles. The Morgan fingerprint density at radius 1 is 1.22 bits per heavy atom. The number of para-hydroxylation sites is 1. The molecule has 92 valence electrons. The number of rotatable bonds is 2. The molecule has 0 aliphatic rings. The molecule has 4 heteroatoms. The number of benzene rings is 1. The smallest absolute Gasteiger partial charge is 0.128 e. The molecule has 4 nitrogen and oxygen atoms in total. The Morgan fingerprint density at radius 3 is 2.72 bits per heavy atom. The molecule has 1 unspecified atom stereocenters. The third kappa shape index (κ3) is 1.61. The van der Waals surface area contributed by atoms with Crippen LogP contribution in [0, 0.1) is 13.8 Å². The number of aryl methyl sites for hydroxylation is 2. The molecule has 0 radical (unpaired) electrons. The van der Waals surface area contributed by atoms with E-state index in [9.17, 15) is 0 Å². The zero-order chi connectivity index (χ0) is 12.7. The number of hydrogen-bond acceptors (Lipinski definition) is 3. The normalized spacial score (nSPS) is 13.1. The molecule has 3 rings (SSSR count). The van der Waals surface area contributed by atoms with E-state index in [4.69, 9.17) is 4.42 Å². The average molecular weight is 241 g/mol. The van der Waals surface area contributed by atoms with Crippen LogP contribution < -0.4 is 0 Å². The fourth-order valence-corrected chi connectivity index (χ4v) is 2.10. The number of aromatic nitrogens is 3. The van der Waals surface area contributed by atoms with Gasteiger partial charge in [-0.15, -0.1) is 5.10 Å². The first kappa shape index (κ1) is 11.0. The second-order valence-electron chi connectivity index (χ2n) is 4.59. The first-order chi connectivity index (χ1) is 8.66. The van der Waals surface area contributed by atoms with Crippen LogP contribution in [-0.4, -0.2) is 15.0 Å². The summed E-state index contributed by atoms with van der Waals surface area (Å²) in [6.07, 6.45) is 0. The summed E-state index contributed by atoms with van der Waals surface area (Å²) >= 11 is 0. The van der Waals surface area contributed by atoms with Crippen molar-refractivity contribution in [1.29, 1.82) is 0 Å². The highest BCUT2D eigenvalue weighted by atomic mass is 16.3. The van der Waals surface area contributed by atoms with E-state index in [1.54, 1.807) is 0 Å². The second kappa shape index (κ2) is 3.98. The minimum atomic E-state index is 0.0461. The van der Waals surface area contributed by atoms with Crippen LogP contribution in [0.5, 0.6) is 0 Å². The van der Waals surface area contributed by atoms with Gasteiger partial charge in [-0.2, -0.15) is 0 Å². The van der Waals surface area contributed by atoms with E-state index in [0.29, 0.717) is 0 Å². The van der Waals surface area contributed by atoms with Gasteiger partial charge in [-0.05, 0) is 44.5 Å². The minimum absolute atomic E-state index is 0.0461. The molecule has 18 heavy (non-hydrogen) atoms. The van der Waals surface area contributed by atoms with Crippen molar-refractivity contribution in [3.05, 3.63) is 47.4 Å². The molecular formula is C14H15N3O. The third-order valence-electron chi connectivity index (χ3n) is 3.34. The third-order valence-corrected chi connectivity index (χ3v) is 3.34. The summed E-state index contributed by atoms with van der Waals surface area (Å²) in [5, 5.41) is 8.38. The summed E-state index contributed by atoms with van der Waals surface area (Å²) in [6, 6.07) is 10.1. The lowest BCUT2D eigenvalue weighted by atomic mass is 10.2. The highest BCUT2D eigenvalue weighted by molar-refractivity contribution is 5.74. The van der Waals surface area contributed by atoms with Gasteiger partial charge in [0.1, 0.15) is 23.1 Å². The zero-order valence-electron chi connectivity index (χ0n) is 10.7. The molecular weight excluding hydrogens is 226 g/mol. The summed E-state index contributed by atoms with van der Waals surface area (Å²) in [6.45, 7) is 6.10. The SMILES string of the molecule is Cc1cc(C(C)n2nnc3ccccc32)oc1C. The minimum Gasteiger partial charge on any atom is -0.464 e. The van der Waals surface area contributed by atoms with Crippen LogP contribution in [0.3, 0.4) is 0 Å². The van der Waals surface area contributed by atoms with Crippen LogP contribution >= 0.6 is 0 Å². The molecule has 3 aromatic rings. The van der Waals surface area contributed by atoms with Crippen LogP contribution in [0.1, 0.15) is 30.0 Å². The van der Waals surface area contributed by atoms with E-state index >= 15 is 0 Å². The summed E-state index contributed by atoms with van der Waals surface area (Å²) in [5.74, 6) is 1.88. The standard InChI is InChI=1S/C14H15N3O/c1-9-8-14(18-11(9)3)10(2)17-13-7-5-4-6-12(13)15-16-17/h4-8,10H,1-3H3. The van der Waals surface area contributed by atoms with Gasteiger partial charge in [0.25, 0.3) is 0 Å². The molecule has 0 saturated carbocycles. The van der Waals surface area contributed by atoms with Gasteiger partial charge in [0.2, 0.25) is 0 Å². The molecule has 0 N–H and O–H groups in total. The summed E-state index contributed by atoms with van der Waals surface area (Å²) in [4.78, 5) is 0. The van der Waals surface area contributed by atoms with Gasteiger partial charge in [-0.25, -0.2) is 4.68 Å². The Kier molecular flexibility index (Phi) is 2.44. The fraction of sp³-hybridized carbons (Fsp3) is 0.286. The Hall–Kier alpha value is -2.10. The summed E-state index contributed by atoms with van der Waals surface area (Å²) in [5.41, 5.74) is 3.10. The lowest BCUT2D eigenvalue weighted by molar-refractivity contribution is 0.411. The van der Waals surface area contributed by atoms with Crippen LogP contribution in [0.2, 0.25) is 0 Å². The van der Waals surface area contributed by atoms with E-state index in [1.165, 1.54) is 5.56 Å². The highest BCUT2D eigenvalue weighted by Gasteiger charge is 2.17. The van der Waals surface area contributed by atoms with Gasteiger partial charge in [-0.1, -0.05) is 17.3 Å². The van der Waals surface area contributed by atoms with Crippen LogP contribution in [0.15, 0.2) is 34.7 Å². The van der Waals surface area contributed by atoms with Crippen molar-refractivity contribution < 1.29 is 4.42 Å². The molecule has 0 fully saturated rings. The fourth-order valence-electron chi connectivity index (χ4n) is 2.10. The molecule has 2 heterocycles. The van der Waals surface area contributed by atoms with Crippen molar-refractivity contribution in [3.8, 4) is 0 Å². The molecule has 0 bridgehead atoms. The lowest BCUT2D eigenvalue weighted by Gasteiger charge is -2.09. The maximum absolute atomic E-state index is 5.76. The van der Waals surface area contributed by atoms with Crippen molar-refractivity contribution in [2.24, 2.45) is 0 Å². The molecule has 1 atom stereocenters. The maximum atomic E-state index is 5.76. The van der Waals surface area contributed by atoms with Gasteiger partial charge in [0.05, 0.1) is 5.52 Å². The summed E-state index contributed by atoms with van der Waals surface area (Å²) < 4.78 is 7.66. The number of hydrogen-bond donors (Lipinski definition) is 0. The van der Waals surface area contributed by atoms with Gasteiger partial charge in [-0.3, -0.25) is 0 Å². The van der Waals surface area contributed by atoms with Crippen LogP contribution in [0.4, 0.5) is 0 Å². The molecule has 0 saturated heterocycles. The number of fused-ring (bicyclic) bond motifs is 1. The molecule has 2 aromatic heterocycles. The van der Waals surface area contributed by atoms with E-state index in [-0.39, 0.29) is 6.04 Å². The van der Waals surface area contributed by atoms with Crippen LogP contribution in [-0.2, 0) is 0 Å². The lowest BCUT2D eigenvalue weighted by Crippen LogP contribution is -2.07. The van der Waals surface area contributed by atoms with Crippen molar-refractivity contribution in [3.63, 3.8) is 0 Å². The second-order valence-corrected chi connectivity index (χ2v) is 4.59. The maximum Gasteiger partial charge on any atom is 0.128 e. The Morgan fingerprint density at radius 2 is 2.00 bits per heavy atom. The number of nitrogens with zero attached hydrogens (tertiary/aromatic N) is 3. The van der Waals surface area contributed by atoms with Gasteiger partial charge in [0.15, 0.2) is 0 Å². The molecule has 0 aliphatic carbocycles. The first-order valence-corrected chi connectivity index (χ1v) is 6.03. The Labute approximate surface area is 105 Å². The monoisotopic (exact) mass is 241 g/mol. The summed E-state index contributed by atoms with van der Waals surface area (Å²) in [7, 11) is 0. The molecule has 0 spiro atoms. The van der Waals surface area contributed by atoms with Crippen molar-refractivity contribution in [1.82, 2.24) is 15.0 Å². The number of furan rings is 1. The zero-order valence-corrected chi connectivity index (χ0v) is 10.7. The van der Waals surface area contributed by atoms with E-state index in [0.717, 1.165) is 22.6 Å². The first-order valence-electron chi connectivity index (χ1n) is 6.03. The molecule has 1 aromatic carbocycles. The van der Waals surface area contributed by atoms with E-state index in [1.807, 2.05) is 35.9 Å². The van der Waals surface area contributed by atoms with Crippen molar-refractivity contribution in [2.45, 2.75) is 26.8 Å². The predicted octanol–water partition coefficient (Wildman–Crippen LogP) is 3.25. The van der Waals surface area contributed by atoms with Gasteiger partial charge >= 0.3 is 0 Å². The largest absolute Gasteiger partial charge is 0.464 e. The Bertz CT molecular complexity index is 676. The Balaban J connectivity index is 2.09. The average Bonchev–Trinajstić information content (AvgIpc) is 2.93. The molecule has 0 amide bonds.